The summed E-state index contributed by atoms with van der Waals surface area (Å²) in [5.41, 5.74) is 2.63. The Bertz CT molecular complexity index is 1130. The molecule has 32 heavy (non-hydrogen) atoms. The SMILES string of the molecule is O=C(CC1Sc2ccccc2NC1=O)Nc1ccc(OC(F)F)c(Cc2ccccc2)c1. The minimum Gasteiger partial charge on any atom is -0.435 e. The van der Waals surface area contributed by atoms with Gasteiger partial charge in [0.2, 0.25) is 11.8 Å². The van der Waals surface area contributed by atoms with Crippen LogP contribution in [0.25, 0.3) is 0 Å². The standard InChI is InChI=1S/C24H20F2N2O3S/c25-24(26)31-19-11-10-17(13-16(19)12-15-6-2-1-3-7-15)27-22(29)14-21-23(30)28-18-8-4-5-9-20(18)32-21/h1-11,13,21,24H,12,14H2,(H,27,29)(H,28,30). The highest BCUT2D eigenvalue weighted by atomic mass is 32.2. The average Bonchev–Trinajstić information content (AvgIpc) is 2.76. The normalized spacial score (nSPS) is 15.1. The molecule has 8 heteroatoms. The van der Waals surface area contributed by atoms with Gasteiger partial charge in [0.15, 0.2) is 0 Å². The van der Waals surface area contributed by atoms with Gasteiger partial charge in [0, 0.05) is 29.0 Å². The Morgan fingerprint density at radius 1 is 1.06 bits per heavy atom. The van der Waals surface area contributed by atoms with E-state index in [9.17, 15) is 18.4 Å². The summed E-state index contributed by atoms with van der Waals surface area (Å²) < 4.78 is 30.3. The van der Waals surface area contributed by atoms with E-state index in [1.54, 1.807) is 6.07 Å². The topological polar surface area (TPSA) is 67.4 Å². The molecule has 0 aromatic heterocycles. The maximum absolute atomic E-state index is 12.8. The lowest BCUT2D eigenvalue weighted by Crippen LogP contribution is -2.32. The van der Waals surface area contributed by atoms with E-state index >= 15 is 0 Å². The van der Waals surface area contributed by atoms with E-state index in [2.05, 4.69) is 15.4 Å². The third-order valence-corrected chi connectivity index (χ3v) is 6.15. The highest BCUT2D eigenvalue weighted by Crippen LogP contribution is 2.36. The van der Waals surface area contributed by atoms with E-state index in [0.717, 1.165) is 16.1 Å². The smallest absolute Gasteiger partial charge is 0.387 e. The zero-order valence-corrected chi connectivity index (χ0v) is 17.7. The first-order valence-corrected chi connectivity index (χ1v) is 10.8. The van der Waals surface area contributed by atoms with E-state index in [1.165, 1.54) is 23.9 Å². The van der Waals surface area contributed by atoms with Crippen molar-refractivity contribution in [2.45, 2.75) is 29.6 Å². The van der Waals surface area contributed by atoms with Crippen LogP contribution in [0.5, 0.6) is 5.75 Å². The molecule has 1 aliphatic rings. The second kappa shape index (κ2) is 9.82. The molecule has 1 aliphatic heterocycles. The Labute approximate surface area is 188 Å². The van der Waals surface area contributed by atoms with Gasteiger partial charge in [-0.15, -0.1) is 11.8 Å². The number of benzene rings is 3. The van der Waals surface area contributed by atoms with Gasteiger partial charge in [-0.25, -0.2) is 0 Å². The first kappa shape index (κ1) is 21.8. The highest BCUT2D eigenvalue weighted by molar-refractivity contribution is 8.01. The van der Waals surface area contributed by atoms with Crippen LogP contribution < -0.4 is 15.4 Å². The van der Waals surface area contributed by atoms with Crippen molar-refractivity contribution in [3.63, 3.8) is 0 Å². The average molecular weight is 454 g/mol. The second-order valence-corrected chi connectivity index (χ2v) is 8.45. The molecule has 2 N–H and O–H groups in total. The van der Waals surface area contributed by atoms with E-state index in [1.807, 2.05) is 54.6 Å². The van der Waals surface area contributed by atoms with Gasteiger partial charge >= 0.3 is 6.61 Å². The van der Waals surface area contributed by atoms with Gasteiger partial charge in [-0.05, 0) is 35.9 Å². The van der Waals surface area contributed by atoms with Gasteiger partial charge in [-0.3, -0.25) is 9.59 Å². The Balaban J connectivity index is 1.47. The summed E-state index contributed by atoms with van der Waals surface area (Å²) in [6.07, 6.45) is 0.346. The van der Waals surface area contributed by atoms with Crippen LogP contribution in [0.1, 0.15) is 17.5 Å². The number of nitrogens with one attached hydrogen (secondary N) is 2. The molecule has 1 unspecified atom stereocenters. The molecular formula is C24H20F2N2O3S. The molecule has 0 saturated heterocycles. The predicted molar refractivity (Wildman–Crippen MR) is 120 cm³/mol. The Kier molecular flexibility index (Phi) is 6.70. The number of hydrogen-bond donors (Lipinski definition) is 2. The Hall–Kier alpha value is -3.39. The number of carbonyl (C=O) groups is 2. The maximum Gasteiger partial charge on any atom is 0.387 e. The van der Waals surface area contributed by atoms with Gasteiger partial charge in [0.05, 0.1) is 10.9 Å². The summed E-state index contributed by atoms with van der Waals surface area (Å²) in [5, 5.41) is 5.02. The quantitative estimate of drug-likeness (QED) is 0.507. The molecule has 0 saturated carbocycles. The van der Waals surface area contributed by atoms with Crippen molar-refractivity contribution < 1.29 is 23.1 Å². The largest absolute Gasteiger partial charge is 0.435 e. The van der Waals surface area contributed by atoms with Gasteiger partial charge < -0.3 is 15.4 Å². The number of amides is 2. The van der Waals surface area contributed by atoms with Gasteiger partial charge in [-0.1, -0.05) is 42.5 Å². The van der Waals surface area contributed by atoms with Crippen LogP contribution in [0, 0.1) is 0 Å². The van der Waals surface area contributed by atoms with Crippen molar-refractivity contribution in [2.24, 2.45) is 0 Å². The van der Waals surface area contributed by atoms with Gasteiger partial charge in [0.1, 0.15) is 5.75 Å². The molecule has 1 heterocycles. The number of carbonyl (C=O) groups excluding carboxylic acids is 2. The number of rotatable bonds is 7. The lowest BCUT2D eigenvalue weighted by Gasteiger charge is -2.23. The van der Waals surface area contributed by atoms with Crippen molar-refractivity contribution in [3.05, 3.63) is 83.9 Å². The Morgan fingerprint density at radius 2 is 1.81 bits per heavy atom. The number of para-hydroxylation sites is 1. The minimum absolute atomic E-state index is 0.0197. The minimum atomic E-state index is -2.95. The molecular weight excluding hydrogens is 434 g/mol. The van der Waals surface area contributed by atoms with Crippen LogP contribution in [0.15, 0.2) is 77.7 Å². The van der Waals surface area contributed by atoms with Gasteiger partial charge in [-0.2, -0.15) is 8.78 Å². The van der Waals surface area contributed by atoms with Crippen LogP contribution >= 0.6 is 11.8 Å². The fraction of sp³-hybridized carbons (Fsp3) is 0.167. The molecule has 2 amide bonds. The lowest BCUT2D eigenvalue weighted by molar-refractivity contribution is -0.120. The molecule has 0 fully saturated rings. The van der Waals surface area contributed by atoms with Crippen molar-refractivity contribution in [3.8, 4) is 5.75 Å². The third kappa shape index (κ3) is 5.45. The highest BCUT2D eigenvalue weighted by Gasteiger charge is 2.28. The van der Waals surface area contributed by atoms with Gasteiger partial charge in [0.25, 0.3) is 0 Å². The molecule has 0 spiro atoms. The zero-order valence-electron chi connectivity index (χ0n) is 16.9. The van der Waals surface area contributed by atoms with E-state index in [4.69, 9.17) is 0 Å². The molecule has 164 valence electrons. The third-order valence-electron chi connectivity index (χ3n) is 4.88. The Morgan fingerprint density at radius 3 is 2.59 bits per heavy atom. The number of hydrogen-bond acceptors (Lipinski definition) is 4. The van der Waals surface area contributed by atoms with Crippen molar-refractivity contribution in [1.82, 2.24) is 0 Å². The number of ether oxygens (including phenoxy) is 1. The summed E-state index contributed by atoms with van der Waals surface area (Å²) in [6, 6.07) is 21.3. The monoisotopic (exact) mass is 454 g/mol. The lowest BCUT2D eigenvalue weighted by atomic mass is 10.0. The van der Waals surface area contributed by atoms with Crippen LogP contribution in [0.3, 0.4) is 0 Å². The van der Waals surface area contributed by atoms with Crippen LogP contribution in [-0.2, 0) is 16.0 Å². The fourth-order valence-corrected chi connectivity index (χ4v) is 4.54. The van der Waals surface area contributed by atoms with Crippen LogP contribution in [0.4, 0.5) is 20.2 Å². The first-order chi connectivity index (χ1) is 15.5. The first-order valence-electron chi connectivity index (χ1n) is 9.96. The number of alkyl halides is 2. The van der Waals surface area contributed by atoms with Crippen molar-refractivity contribution in [1.29, 1.82) is 0 Å². The molecule has 5 nitrogen and oxygen atoms in total. The summed E-state index contributed by atoms with van der Waals surface area (Å²) in [6.45, 7) is -2.95. The summed E-state index contributed by atoms with van der Waals surface area (Å²) in [7, 11) is 0. The van der Waals surface area contributed by atoms with Crippen molar-refractivity contribution >= 4 is 35.0 Å². The zero-order chi connectivity index (χ0) is 22.5. The molecule has 4 rings (SSSR count). The molecule has 3 aromatic rings. The molecule has 0 aliphatic carbocycles. The van der Waals surface area contributed by atoms with Crippen molar-refractivity contribution in [2.75, 3.05) is 10.6 Å². The number of thioether (sulfide) groups is 1. The molecule has 0 bridgehead atoms. The number of fused-ring (bicyclic) bond motifs is 1. The molecule has 1 atom stereocenters. The summed E-state index contributed by atoms with van der Waals surface area (Å²) >= 11 is 1.34. The molecule has 0 radical (unpaired) electrons. The number of anilines is 2. The summed E-state index contributed by atoms with van der Waals surface area (Å²) in [5.74, 6) is -0.514. The van der Waals surface area contributed by atoms with E-state index in [0.29, 0.717) is 17.7 Å². The maximum atomic E-state index is 12.8. The van der Waals surface area contributed by atoms with Crippen LogP contribution in [0.2, 0.25) is 0 Å². The molecule has 3 aromatic carbocycles. The summed E-state index contributed by atoms with van der Waals surface area (Å²) in [4.78, 5) is 25.9. The number of halogens is 2. The van der Waals surface area contributed by atoms with E-state index in [-0.39, 0.29) is 24.0 Å². The fourth-order valence-electron chi connectivity index (χ4n) is 3.43. The predicted octanol–water partition coefficient (Wildman–Crippen LogP) is 5.32. The van der Waals surface area contributed by atoms with E-state index < -0.39 is 11.9 Å². The van der Waals surface area contributed by atoms with Crippen LogP contribution in [-0.4, -0.2) is 23.7 Å². The second-order valence-electron chi connectivity index (χ2n) is 7.21.